The number of nitrogens with zero attached hydrogens (tertiary/aromatic N) is 1. The van der Waals surface area contributed by atoms with Crippen molar-refractivity contribution in [3.05, 3.63) is 81.6 Å². The van der Waals surface area contributed by atoms with Crippen LogP contribution in [-0.2, 0) is 18.0 Å². The monoisotopic (exact) mass is 357 g/mol. The summed E-state index contributed by atoms with van der Waals surface area (Å²) in [5.74, 6) is -0.171. The van der Waals surface area contributed by atoms with E-state index in [2.05, 4.69) is 4.98 Å². The van der Waals surface area contributed by atoms with Gasteiger partial charge in [-0.15, -0.1) is 11.3 Å². The van der Waals surface area contributed by atoms with Crippen LogP contribution in [0, 0.1) is 12.7 Å². The van der Waals surface area contributed by atoms with Crippen molar-refractivity contribution in [1.29, 1.82) is 0 Å². The van der Waals surface area contributed by atoms with Crippen LogP contribution >= 0.6 is 11.3 Å². The second-order valence-electron chi connectivity index (χ2n) is 5.33. The zero-order valence-corrected chi connectivity index (χ0v) is 14.4. The standard InChI is InChI=1S/C19H16FNO3S/c1-13-18(19(22)24-11-14-5-3-2-4-6-14)25-17(21-13)12-23-16-9-7-15(20)8-10-16/h2-10H,11-12H2,1H3. The molecule has 3 aromatic rings. The Morgan fingerprint density at radius 3 is 2.52 bits per heavy atom. The quantitative estimate of drug-likeness (QED) is 0.608. The predicted molar refractivity (Wildman–Crippen MR) is 93.1 cm³/mol. The average molecular weight is 357 g/mol. The molecular weight excluding hydrogens is 341 g/mol. The first kappa shape index (κ1) is 17.1. The third-order valence-corrected chi connectivity index (χ3v) is 4.53. The molecule has 0 aliphatic rings. The van der Waals surface area contributed by atoms with E-state index in [1.807, 2.05) is 30.3 Å². The third kappa shape index (κ3) is 4.64. The van der Waals surface area contributed by atoms with E-state index in [9.17, 15) is 9.18 Å². The first-order valence-corrected chi connectivity index (χ1v) is 8.49. The molecule has 0 N–H and O–H groups in total. The average Bonchev–Trinajstić information content (AvgIpc) is 3.01. The zero-order valence-electron chi connectivity index (χ0n) is 13.6. The maximum Gasteiger partial charge on any atom is 0.350 e. The largest absolute Gasteiger partial charge is 0.486 e. The molecule has 0 aliphatic carbocycles. The highest BCUT2D eigenvalue weighted by molar-refractivity contribution is 7.13. The molecule has 1 heterocycles. The van der Waals surface area contributed by atoms with Crippen molar-refractivity contribution in [3.63, 3.8) is 0 Å². The highest BCUT2D eigenvalue weighted by Crippen LogP contribution is 2.22. The Bertz CT molecular complexity index is 847. The first-order chi connectivity index (χ1) is 12.1. The second kappa shape index (κ2) is 7.90. The van der Waals surface area contributed by atoms with Crippen molar-refractivity contribution in [2.75, 3.05) is 0 Å². The van der Waals surface area contributed by atoms with Gasteiger partial charge in [0.1, 0.15) is 34.7 Å². The Kier molecular flexibility index (Phi) is 5.40. The van der Waals surface area contributed by atoms with Gasteiger partial charge in [0, 0.05) is 0 Å². The second-order valence-corrected chi connectivity index (χ2v) is 6.41. The van der Waals surface area contributed by atoms with Crippen LogP contribution in [0.2, 0.25) is 0 Å². The van der Waals surface area contributed by atoms with Crippen LogP contribution in [-0.4, -0.2) is 11.0 Å². The van der Waals surface area contributed by atoms with Gasteiger partial charge in [0.05, 0.1) is 5.69 Å². The molecule has 0 unspecified atom stereocenters. The molecule has 3 rings (SSSR count). The summed E-state index contributed by atoms with van der Waals surface area (Å²) in [6, 6.07) is 15.2. The zero-order chi connectivity index (χ0) is 17.6. The van der Waals surface area contributed by atoms with Crippen LogP contribution in [0.3, 0.4) is 0 Å². The summed E-state index contributed by atoms with van der Waals surface area (Å²) < 4.78 is 23.8. The number of halogens is 1. The number of rotatable bonds is 6. The van der Waals surface area contributed by atoms with Crippen molar-refractivity contribution >= 4 is 17.3 Å². The molecule has 0 atom stereocenters. The van der Waals surface area contributed by atoms with E-state index < -0.39 is 5.97 Å². The molecule has 1 aromatic heterocycles. The van der Waals surface area contributed by atoms with Gasteiger partial charge in [0.2, 0.25) is 0 Å². The molecule has 0 aliphatic heterocycles. The van der Waals surface area contributed by atoms with Gasteiger partial charge in [-0.2, -0.15) is 0 Å². The Balaban J connectivity index is 1.59. The molecular formula is C19H16FNO3S. The van der Waals surface area contributed by atoms with Gasteiger partial charge in [-0.1, -0.05) is 30.3 Å². The van der Waals surface area contributed by atoms with Crippen LogP contribution in [0.25, 0.3) is 0 Å². The van der Waals surface area contributed by atoms with Gasteiger partial charge < -0.3 is 9.47 Å². The summed E-state index contributed by atoms with van der Waals surface area (Å²) in [5, 5.41) is 0.661. The van der Waals surface area contributed by atoms with E-state index in [0.29, 0.717) is 21.3 Å². The minimum atomic E-state index is -0.396. The third-order valence-electron chi connectivity index (χ3n) is 3.41. The van der Waals surface area contributed by atoms with E-state index in [0.717, 1.165) is 5.56 Å². The van der Waals surface area contributed by atoms with Crippen molar-refractivity contribution in [1.82, 2.24) is 4.98 Å². The van der Waals surface area contributed by atoms with Crippen molar-refractivity contribution in [2.24, 2.45) is 0 Å². The summed E-state index contributed by atoms with van der Waals surface area (Å²) in [7, 11) is 0. The van der Waals surface area contributed by atoms with Crippen LogP contribution in [0.15, 0.2) is 54.6 Å². The topological polar surface area (TPSA) is 48.4 Å². The Labute approximate surface area is 148 Å². The van der Waals surface area contributed by atoms with Crippen LogP contribution in [0.1, 0.15) is 25.9 Å². The van der Waals surface area contributed by atoms with E-state index in [1.54, 1.807) is 19.1 Å². The molecule has 0 radical (unpaired) electrons. The number of thiazole rings is 1. The summed E-state index contributed by atoms with van der Waals surface area (Å²) in [6.45, 7) is 2.19. The molecule has 0 amide bonds. The Morgan fingerprint density at radius 1 is 1.08 bits per heavy atom. The summed E-state index contributed by atoms with van der Waals surface area (Å²) in [5.41, 5.74) is 1.54. The van der Waals surface area contributed by atoms with E-state index in [1.165, 1.54) is 23.5 Å². The maximum absolute atomic E-state index is 12.9. The number of hydrogen-bond donors (Lipinski definition) is 0. The summed E-state index contributed by atoms with van der Waals surface area (Å²) in [4.78, 5) is 17.0. The number of carbonyl (C=O) groups excluding carboxylic acids is 1. The summed E-state index contributed by atoms with van der Waals surface area (Å²) >= 11 is 1.24. The lowest BCUT2D eigenvalue weighted by Crippen LogP contribution is -2.04. The molecule has 128 valence electrons. The normalized spacial score (nSPS) is 10.5. The highest BCUT2D eigenvalue weighted by atomic mass is 32.1. The van der Waals surface area contributed by atoms with Crippen LogP contribution in [0.5, 0.6) is 5.75 Å². The number of benzene rings is 2. The van der Waals surface area contributed by atoms with E-state index in [4.69, 9.17) is 9.47 Å². The van der Waals surface area contributed by atoms with Crippen molar-refractivity contribution in [2.45, 2.75) is 20.1 Å². The number of aromatic nitrogens is 1. The SMILES string of the molecule is Cc1nc(COc2ccc(F)cc2)sc1C(=O)OCc1ccccc1. The summed E-state index contributed by atoms with van der Waals surface area (Å²) in [6.07, 6.45) is 0. The molecule has 0 spiro atoms. The maximum atomic E-state index is 12.9. The van der Waals surface area contributed by atoms with Crippen LogP contribution < -0.4 is 4.74 Å². The van der Waals surface area contributed by atoms with Gasteiger partial charge in [0.25, 0.3) is 0 Å². The number of carbonyl (C=O) groups is 1. The molecule has 6 heteroatoms. The van der Waals surface area contributed by atoms with E-state index >= 15 is 0 Å². The van der Waals surface area contributed by atoms with Gasteiger partial charge in [0.15, 0.2) is 0 Å². The molecule has 0 saturated heterocycles. The van der Waals surface area contributed by atoms with Crippen molar-refractivity contribution in [3.8, 4) is 5.75 Å². The molecule has 4 nitrogen and oxygen atoms in total. The lowest BCUT2D eigenvalue weighted by molar-refractivity contribution is 0.0477. The minimum absolute atomic E-state index is 0.211. The van der Waals surface area contributed by atoms with E-state index in [-0.39, 0.29) is 19.0 Å². The Morgan fingerprint density at radius 2 is 1.80 bits per heavy atom. The lowest BCUT2D eigenvalue weighted by Gasteiger charge is -2.03. The molecule has 0 bridgehead atoms. The fourth-order valence-electron chi connectivity index (χ4n) is 2.17. The minimum Gasteiger partial charge on any atom is -0.486 e. The number of ether oxygens (including phenoxy) is 2. The number of esters is 1. The number of aryl methyl sites for hydroxylation is 1. The molecule has 2 aromatic carbocycles. The van der Waals surface area contributed by atoms with Crippen LogP contribution in [0.4, 0.5) is 4.39 Å². The fraction of sp³-hybridized carbons (Fsp3) is 0.158. The smallest absolute Gasteiger partial charge is 0.350 e. The molecule has 25 heavy (non-hydrogen) atoms. The lowest BCUT2D eigenvalue weighted by atomic mass is 10.2. The molecule has 0 saturated carbocycles. The Hall–Kier alpha value is -2.73. The van der Waals surface area contributed by atoms with Gasteiger partial charge in [-0.3, -0.25) is 0 Å². The van der Waals surface area contributed by atoms with Gasteiger partial charge in [-0.05, 0) is 36.8 Å². The highest BCUT2D eigenvalue weighted by Gasteiger charge is 2.17. The first-order valence-electron chi connectivity index (χ1n) is 7.67. The molecule has 0 fully saturated rings. The van der Waals surface area contributed by atoms with Gasteiger partial charge >= 0.3 is 5.97 Å². The number of hydrogen-bond acceptors (Lipinski definition) is 5. The fourth-order valence-corrected chi connectivity index (χ4v) is 3.04. The van der Waals surface area contributed by atoms with Crippen molar-refractivity contribution < 1.29 is 18.7 Å². The predicted octanol–water partition coefficient (Wildman–Crippen LogP) is 4.53. The van der Waals surface area contributed by atoms with Gasteiger partial charge in [-0.25, -0.2) is 14.2 Å².